The Hall–Kier alpha value is -4.00. The standard InChI is InChI=1S/C25H32N2O3.C6H8O7/c1-18-8-9-22(28)15-20(18)14-21(24(29)26(2)3)16-27-12-10-25(11-13-27)23-7-5-4-6-19(23)17-30-25;7-3(8)1-6(13,5(11)12)2-4(9)10/h4-9,15,21,28H,10-14,16-17H2,1-3H3;13H,1-2H2,(H,7,8)(H,9,10)(H,11,12). The minimum absolute atomic E-state index is 0.133. The Kier molecular flexibility index (Phi) is 10.9. The van der Waals surface area contributed by atoms with Crippen molar-refractivity contribution in [2.45, 2.75) is 56.8 Å². The van der Waals surface area contributed by atoms with Gasteiger partial charge in [0.25, 0.3) is 0 Å². The fourth-order valence-electron chi connectivity index (χ4n) is 5.66. The van der Waals surface area contributed by atoms with E-state index in [1.807, 2.05) is 27.1 Å². The van der Waals surface area contributed by atoms with Gasteiger partial charge in [-0.1, -0.05) is 30.3 Å². The number of benzene rings is 2. The molecule has 1 fully saturated rings. The van der Waals surface area contributed by atoms with Crippen molar-refractivity contribution in [2.24, 2.45) is 5.92 Å². The number of ether oxygens (including phenoxy) is 1. The van der Waals surface area contributed by atoms with Crippen molar-refractivity contribution in [2.75, 3.05) is 33.7 Å². The quantitative estimate of drug-likeness (QED) is 0.269. The highest BCUT2D eigenvalue weighted by molar-refractivity contribution is 5.88. The number of likely N-dealkylation sites (tertiary alicyclic amines) is 1. The number of hydrogen-bond acceptors (Lipinski definition) is 8. The molecule has 2 aromatic rings. The van der Waals surface area contributed by atoms with Gasteiger partial charge >= 0.3 is 17.9 Å². The van der Waals surface area contributed by atoms with Gasteiger partial charge in [0.15, 0.2) is 5.60 Å². The van der Waals surface area contributed by atoms with Crippen LogP contribution in [0.4, 0.5) is 0 Å². The number of carboxylic acid groups (broad SMARTS) is 3. The van der Waals surface area contributed by atoms with Gasteiger partial charge in [0, 0.05) is 33.7 Å². The third kappa shape index (κ3) is 8.53. The molecule has 234 valence electrons. The van der Waals surface area contributed by atoms with Crippen LogP contribution in [0.15, 0.2) is 42.5 Å². The van der Waals surface area contributed by atoms with Crippen LogP contribution in [0.2, 0.25) is 0 Å². The molecule has 1 unspecified atom stereocenters. The van der Waals surface area contributed by atoms with Gasteiger partial charge in [-0.15, -0.1) is 0 Å². The molecule has 12 heteroatoms. The van der Waals surface area contributed by atoms with E-state index < -0.39 is 36.4 Å². The fraction of sp³-hybridized carbons (Fsp3) is 0.484. The number of rotatable bonds is 10. The van der Waals surface area contributed by atoms with Crippen LogP contribution in [-0.2, 0) is 42.5 Å². The van der Waals surface area contributed by atoms with Gasteiger partial charge in [-0.25, -0.2) is 4.79 Å². The number of hydrogen-bond donors (Lipinski definition) is 5. The number of piperidine rings is 1. The lowest BCUT2D eigenvalue weighted by Gasteiger charge is -2.40. The lowest BCUT2D eigenvalue weighted by molar-refractivity contribution is -0.170. The molecule has 4 rings (SSSR count). The third-order valence-corrected chi connectivity index (χ3v) is 8.03. The number of carbonyl (C=O) groups is 4. The summed E-state index contributed by atoms with van der Waals surface area (Å²) < 4.78 is 6.29. The molecule has 0 aromatic heterocycles. The van der Waals surface area contributed by atoms with Crippen LogP contribution in [0.3, 0.4) is 0 Å². The molecule has 2 aliphatic heterocycles. The predicted molar refractivity (Wildman–Crippen MR) is 154 cm³/mol. The first-order valence-corrected chi connectivity index (χ1v) is 14.0. The second-order valence-electron chi connectivity index (χ2n) is 11.5. The zero-order valence-corrected chi connectivity index (χ0v) is 24.7. The van der Waals surface area contributed by atoms with Gasteiger partial charge in [0.1, 0.15) is 5.75 Å². The number of carboxylic acids is 3. The van der Waals surface area contributed by atoms with Crippen molar-refractivity contribution in [3.8, 4) is 5.75 Å². The number of aryl methyl sites for hydroxylation is 1. The molecule has 43 heavy (non-hydrogen) atoms. The van der Waals surface area contributed by atoms with Crippen LogP contribution < -0.4 is 0 Å². The van der Waals surface area contributed by atoms with E-state index >= 15 is 0 Å². The average molecular weight is 601 g/mol. The fourth-order valence-corrected chi connectivity index (χ4v) is 5.66. The highest BCUT2D eigenvalue weighted by Gasteiger charge is 2.43. The summed E-state index contributed by atoms with van der Waals surface area (Å²) in [6.07, 6.45) is 0.261. The van der Waals surface area contributed by atoms with Crippen molar-refractivity contribution in [3.63, 3.8) is 0 Å². The number of phenolic OH excluding ortho intramolecular Hbond substituents is 1. The summed E-state index contributed by atoms with van der Waals surface area (Å²) in [5.74, 6) is -4.76. The summed E-state index contributed by atoms with van der Waals surface area (Å²) >= 11 is 0. The van der Waals surface area contributed by atoms with Gasteiger partial charge in [-0.3, -0.25) is 14.4 Å². The van der Waals surface area contributed by atoms with E-state index in [1.165, 1.54) is 11.1 Å². The molecule has 1 amide bonds. The monoisotopic (exact) mass is 600 g/mol. The number of aliphatic hydroxyl groups is 1. The number of aromatic hydroxyl groups is 1. The molecule has 2 aromatic carbocycles. The van der Waals surface area contributed by atoms with Crippen LogP contribution in [-0.4, -0.2) is 98.5 Å². The topological polar surface area (TPSA) is 185 Å². The van der Waals surface area contributed by atoms with Gasteiger partial charge in [-0.2, -0.15) is 0 Å². The summed E-state index contributed by atoms with van der Waals surface area (Å²) in [6.45, 7) is 5.30. The Bertz CT molecular complexity index is 1320. The van der Waals surface area contributed by atoms with Gasteiger partial charge in [0.05, 0.1) is 31.0 Å². The number of amides is 1. The zero-order chi connectivity index (χ0) is 31.9. The van der Waals surface area contributed by atoms with E-state index in [1.54, 1.807) is 17.0 Å². The summed E-state index contributed by atoms with van der Waals surface area (Å²) in [5, 5.41) is 43.7. The second-order valence-corrected chi connectivity index (χ2v) is 11.5. The molecule has 0 saturated carbocycles. The van der Waals surface area contributed by atoms with Crippen LogP contribution >= 0.6 is 0 Å². The summed E-state index contributed by atoms with van der Waals surface area (Å²) in [4.78, 5) is 47.5. The van der Waals surface area contributed by atoms with E-state index in [4.69, 9.17) is 25.2 Å². The highest BCUT2D eigenvalue weighted by atomic mass is 16.5. The van der Waals surface area contributed by atoms with Crippen molar-refractivity contribution in [1.29, 1.82) is 0 Å². The maximum Gasteiger partial charge on any atom is 0.336 e. The molecule has 0 bridgehead atoms. The number of phenols is 1. The lowest BCUT2D eigenvalue weighted by atomic mass is 9.83. The van der Waals surface area contributed by atoms with Crippen molar-refractivity contribution >= 4 is 23.8 Å². The minimum atomic E-state index is -2.74. The molecule has 5 N–H and O–H groups in total. The molecule has 0 radical (unpaired) electrons. The molecule has 1 atom stereocenters. The molecule has 0 aliphatic carbocycles. The Morgan fingerprint density at radius 2 is 1.60 bits per heavy atom. The van der Waals surface area contributed by atoms with Crippen molar-refractivity contribution < 1.29 is 49.4 Å². The van der Waals surface area contributed by atoms with Crippen molar-refractivity contribution in [3.05, 3.63) is 64.7 Å². The van der Waals surface area contributed by atoms with E-state index in [0.29, 0.717) is 13.0 Å². The van der Waals surface area contributed by atoms with E-state index in [-0.39, 0.29) is 23.2 Å². The normalized spacial score (nSPS) is 16.5. The van der Waals surface area contributed by atoms with Crippen LogP contribution in [0, 0.1) is 12.8 Å². The summed E-state index contributed by atoms with van der Waals surface area (Å²) in [7, 11) is 3.64. The molecule has 1 saturated heterocycles. The Morgan fingerprint density at radius 1 is 1.00 bits per heavy atom. The number of carbonyl (C=O) groups excluding carboxylic acids is 1. The Labute approximate surface area is 250 Å². The van der Waals surface area contributed by atoms with Gasteiger partial charge in [0.2, 0.25) is 5.91 Å². The molecular weight excluding hydrogens is 560 g/mol. The van der Waals surface area contributed by atoms with Crippen LogP contribution in [0.25, 0.3) is 0 Å². The zero-order valence-electron chi connectivity index (χ0n) is 24.7. The van der Waals surface area contributed by atoms with Crippen molar-refractivity contribution in [1.82, 2.24) is 9.80 Å². The molecule has 2 heterocycles. The molecule has 12 nitrogen and oxygen atoms in total. The first kappa shape index (κ1) is 33.5. The lowest BCUT2D eigenvalue weighted by Crippen LogP contribution is -2.46. The van der Waals surface area contributed by atoms with E-state index in [9.17, 15) is 24.3 Å². The predicted octanol–water partition coefficient (Wildman–Crippen LogP) is 2.22. The first-order chi connectivity index (χ1) is 20.2. The third-order valence-electron chi connectivity index (χ3n) is 8.03. The molecule has 1 spiro atoms. The molecular formula is C31H40N2O10. The summed E-state index contributed by atoms with van der Waals surface area (Å²) in [6, 6.07) is 14.0. The number of aliphatic carboxylic acids is 3. The SMILES string of the molecule is Cc1ccc(O)cc1CC(CN1CCC2(CC1)OCc1ccccc12)C(=O)N(C)C.O=C(O)CC(O)(CC(=O)O)C(=O)O. The number of fused-ring (bicyclic) bond motifs is 2. The molecule has 2 aliphatic rings. The van der Waals surface area contributed by atoms with Crippen LogP contribution in [0.1, 0.15) is 47.9 Å². The Morgan fingerprint density at radius 3 is 2.16 bits per heavy atom. The number of nitrogens with zero attached hydrogens (tertiary/aromatic N) is 2. The van der Waals surface area contributed by atoms with Crippen LogP contribution in [0.5, 0.6) is 5.75 Å². The Balaban J connectivity index is 0.000000331. The first-order valence-electron chi connectivity index (χ1n) is 14.0. The largest absolute Gasteiger partial charge is 0.508 e. The van der Waals surface area contributed by atoms with E-state index in [2.05, 4.69) is 29.2 Å². The summed E-state index contributed by atoms with van der Waals surface area (Å²) in [5.41, 5.74) is 1.91. The van der Waals surface area contributed by atoms with E-state index in [0.717, 1.165) is 43.6 Å². The second kappa shape index (κ2) is 14.0. The maximum atomic E-state index is 12.9. The van der Waals surface area contributed by atoms with Gasteiger partial charge in [-0.05, 0) is 60.6 Å². The average Bonchev–Trinajstić information content (AvgIpc) is 3.28. The highest BCUT2D eigenvalue weighted by Crippen LogP contribution is 2.44. The van der Waals surface area contributed by atoms with Gasteiger partial charge < -0.3 is 40.1 Å². The minimum Gasteiger partial charge on any atom is -0.508 e. The smallest absolute Gasteiger partial charge is 0.336 e. The maximum absolute atomic E-state index is 12.9.